The van der Waals surface area contributed by atoms with Gasteiger partial charge in [0.15, 0.2) is 0 Å². The number of hydrogen-bond donors (Lipinski definition) is 1. The van der Waals surface area contributed by atoms with Crippen LogP contribution in [0.3, 0.4) is 0 Å². The van der Waals surface area contributed by atoms with E-state index >= 15 is 0 Å². The molecule has 0 aliphatic heterocycles. The van der Waals surface area contributed by atoms with Crippen LogP contribution in [0.25, 0.3) is 17.0 Å². The van der Waals surface area contributed by atoms with Crippen molar-refractivity contribution >= 4 is 29.1 Å². The van der Waals surface area contributed by atoms with Gasteiger partial charge in [-0.1, -0.05) is 48.2 Å². The number of hydrogen-bond acceptors (Lipinski definition) is 5. The Kier molecular flexibility index (Phi) is 5.58. The summed E-state index contributed by atoms with van der Waals surface area (Å²) in [6.45, 7) is 0. The van der Waals surface area contributed by atoms with Crippen LogP contribution in [0.5, 0.6) is 0 Å². The van der Waals surface area contributed by atoms with E-state index in [1.165, 1.54) is 11.8 Å². The van der Waals surface area contributed by atoms with Gasteiger partial charge in [0.05, 0.1) is 16.8 Å². The molecule has 0 atom stereocenters. The Morgan fingerprint density at radius 1 is 0.939 bits per heavy atom. The summed E-state index contributed by atoms with van der Waals surface area (Å²) in [5.41, 5.74) is 3.55. The van der Waals surface area contributed by atoms with Gasteiger partial charge in [-0.05, 0) is 42.5 Å². The second-order valence-corrected chi connectivity index (χ2v) is 8.27. The highest BCUT2D eigenvalue weighted by molar-refractivity contribution is 7.99. The molecule has 2 aromatic heterocycles. The number of benzene rings is 3. The molecular formula is C26H17N5OS. The van der Waals surface area contributed by atoms with Crippen LogP contribution in [0.2, 0.25) is 0 Å². The Hall–Kier alpha value is -4.41. The van der Waals surface area contributed by atoms with E-state index in [9.17, 15) is 10.1 Å². The van der Waals surface area contributed by atoms with E-state index in [0.717, 1.165) is 21.0 Å². The zero-order valence-electron chi connectivity index (χ0n) is 17.3. The number of rotatable bonds is 5. The SMILES string of the molecule is N#Cc1ccccc1Sc1ccccc1C(=O)Nc1ccc(-c2cn3cccnc3n2)cc1. The summed E-state index contributed by atoms with van der Waals surface area (Å²) < 4.78 is 1.87. The van der Waals surface area contributed by atoms with Crippen molar-refractivity contribution in [3.05, 3.63) is 109 Å². The number of imidazole rings is 1. The highest BCUT2D eigenvalue weighted by Crippen LogP contribution is 2.33. The largest absolute Gasteiger partial charge is 0.322 e. The third-order valence-corrected chi connectivity index (χ3v) is 6.18. The summed E-state index contributed by atoms with van der Waals surface area (Å²) in [5, 5.41) is 12.3. The molecule has 7 heteroatoms. The van der Waals surface area contributed by atoms with Gasteiger partial charge < -0.3 is 5.32 Å². The van der Waals surface area contributed by atoms with Crippen molar-refractivity contribution in [2.24, 2.45) is 0 Å². The number of nitrogens with one attached hydrogen (secondary N) is 1. The quantitative estimate of drug-likeness (QED) is 0.375. The van der Waals surface area contributed by atoms with Crippen LogP contribution in [-0.4, -0.2) is 20.3 Å². The molecule has 1 N–H and O–H groups in total. The van der Waals surface area contributed by atoms with Crippen molar-refractivity contribution < 1.29 is 4.79 Å². The molecule has 33 heavy (non-hydrogen) atoms. The van der Waals surface area contributed by atoms with Crippen molar-refractivity contribution in [3.8, 4) is 17.3 Å². The van der Waals surface area contributed by atoms with Crippen molar-refractivity contribution in [1.82, 2.24) is 14.4 Å². The number of nitriles is 1. The molecule has 5 rings (SSSR count). The monoisotopic (exact) mass is 447 g/mol. The molecule has 0 aliphatic carbocycles. The third kappa shape index (κ3) is 4.33. The first-order valence-electron chi connectivity index (χ1n) is 10.2. The molecule has 3 aromatic carbocycles. The average Bonchev–Trinajstić information content (AvgIpc) is 3.29. The van der Waals surface area contributed by atoms with Crippen LogP contribution in [-0.2, 0) is 0 Å². The normalized spacial score (nSPS) is 10.6. The predicted octanol–water partition coefficient (Wildman–Crippen LogP) is 5.67. The van der Waals surface area contributed by atoms with Crippen LogP contribution >= 0.6 is 11.8 Å². The van der Waals surface area contributed by atoms with Gasteiger partial charge in [-0.15, -0.1) is 0 Å². The van der Waals surface area contributed by atoms with Crippen molar-refractivity contribution in [3.63, 3.8) is 0 Å². The molecule has 5 aromatic rings. The number of fused-ring (bicyclic) bond motifs is 1. The van der Waals surface area contributed by atoms with Crippen molar-refractivity contribution in [1.29, 1.82) is 5.26 Å². The topological polar surface area (TPSA) is 83.1 Å². The van der Waals surface area contributed by atoms with Crippen LogP contribution < -0.4 is 5.32 Å². The number of nitrogens with zero attached hydrogens (tertiary/aromatic N) is 4. The van der Waals surface area contributed by atoms with Crippen LogP contribution in [0.15, 0.2) is 107 Å². The van der Waals surface area contributed by atoms with E-state index in [1.54, 1.807) is 18.3 Å². The Morgan fingerprint density at radius 3 is 2.48 bits per heavy atom. The first-order chi connectivity index (χ1) is 16.2. The lowest BCUT2D eigenvalue weighted by Gasteiger charge is -2.11. The fourth-order valence-corrected chi connectivity index (χ4v) is 4.43. The smallest absolute Gasteiger partial charge is 0.256 e. The summed E-state index contributed by atoms with van der Waals surface area (Å²) in [6.07, 6.45) is 5.53. The standard InChI is InChI=1S/C26H17N5OS/c27-16-19-6-1-3-8-23(19)33-24-9-4-2-7-21(24)25(32)29-20-12-10-18(11-13-20)22-17-31-15-5-14-28-26(31)30-22/h1-15,17H,(H,29,32). The molecular weight excluding hydrogens is 430 g/mol. The molecule has 158 valence electrons. The number of aromatic nitrogens is 3. The van der Waals surface area contributed by atoms with E-state index in [2.05, 4.69) is 21.4 Å². The summed E-state index contributed by atoms with van der Waals surface area (Å²) >= 11 is 1.41. The van der Waals surface area contributed by atoms with Gasteiger partial charge in [0, 0.05) is 39.6 Å². The molecule has 0 bridgehead atoms. The molecule has 0 saturated heterocycles. The highest BCUT2D eigenvalue weighted by atomic mass is 32.2. The summed E-state index contributed by atoms with van der Waals surface area (Å²) in [6, 6.07) is 26.3. The van der Waals surface area contributed by atoms with Gasteiger partial charge in [0.2, 0.25) is 5.78 Å². The molecule has 0 spiro atoms. The van der Waals surface area contributed by atoms with Crippen molar-refractivity contribution in [2.75, 3.05) is 5.32 Å². The lowest BCUT2D eigenvalue weighted by Crippen LogP contribution is -2.12. The van der Waals surface area contributed by atoms with Crippen molar-refractivity contribution in [2.45, 2.75) is 9.79 Å². The predicted molar refractivity (Wildman–Crippen MR) is 128 cm³/mol. The minimum absolute atomic E-state index is 0.211. The number of amides is 1. The average molecular weight is 448 g/mol. The second kappa shape index (κ2) is 8.99. The highest BCUT2D eigenvalue weighted by Gasteiger charge is 2.14. The van der Waals surface area contributed by atoms with E-state index in [-0.39, 0.29) is 5.91 Å². The number of anilines is 1. The summed E-state index contributed by atoms with van der Waals surface area (Å²) in [4.78, 5) is 23.4. The minimum Gasteiger partial charge on any atom is -0.322 e. The maximum atomic E-state index is 13.0. The van der Waals surface area contributed by atoms with Crippen LogP contribution in [0, 0.1) is 11.3 Å². The zero-order valence-corrected chi connectivity index (χ0v) is 18.2. The Morgan fingerprint density at radius 2 is 1.70 bits per heavy atom. The van der Waals surface area contributed by atoms with Crippen LogP contribution in [0.1, 0.15) is 15.9 Å². The van der Waals surface area contributed by atoms with E-state index < -0.39 is 0 Å². The maximum Gasteiger partial charge on any atom is 0.256 e. The lowest BCUT2D eigenvalue weighted by atomic mass is 10.1. The molecule has 1 amide bonds. The molecule has 0 saturated carbocycles. The fraction of sp³-hybridized carbons (Fsp3) is 0. The molecule has 0 unspecified atom stereocenters. The first-order valence-corrected chi connectivity index (χ1v) is 11.0. The molecule has 0 fully saturated rings. The Balaban J connectivity index is 1.35. The number of carbonyl (C=O) groups is 1. The van der Waals surface area contributed by atoms with Gasteiger partial charge in [0.1, 0.15) is 6.07 Å². The van der Waals surface area contributed by atoms with Gasteiger partial charge in [-0.25, -0.2) is 9.97 Å². The Bertz CT molecular complexity index is 1470. The van der Waals surface area contributed by atoms with Gasteiger partial charge in [0.25, 0.3) is 5.91 Å². The van der Waals surface area contributed by atoms with Crippen LogP contribution in [0.4, 0.5) is 5.69 Å². The molecule has 6 nitrogen and oxygen atoms in total. The van der Waals surface area contributed by atoms with Gasteiger partial charge >= 0.3 is 0 Å². The van der Waals surface area contributed by atoms with Gasteiger partial charge in [-0.3, -0.25) is 9.20 Å². The second-order valence-electron chi connectivity index (χ2n) is 7.19. The van der Waals surface area contributed by atoms with E-state index in [1.807, 2.05) is 83.5 Å². The summed E-state index contributed by atoms with van der Waals surface area (Å²) in [7, 11) is 0. The fourth-order valence-electron chi connectivity index (χ4n) is 3.40. The maximum absolute atomic E-state index is 13.0. The zero-order chi connectivity index (χ0) is 22.6. The van der Waals surface area contributed by atoms with E-state index in [4.69, 9.17) is 0 Å². The Labute approximate surface area is 194 Å². The van der Waals surface area contributed by atoms with Gasteiger partial charge in [-0.2, -0.15) is 5.26 Å². The summed E-state index contributed by atoms with van der Waals surface area (Å²) in [5.74, 6) is 0.425. The molecule has 2 heterocycles. The number of carbonyl (C=O) groups excluding carboxylic acids is 1. The third-order valence-electron chi connectivity index (χ3n) is 5.03. The first kappa shape index (κ1) is 20.5. The van der Waals surface area contributed by atoms with E-state index in [0.29, 0.717) is 22.6 Å². The lowest BCUT2D eigenvalue weighted by molar-refractivity contribution is 0.102. The minimum atomic E-state index is -0.211. The molecule has 0 radical (unpaired) electrons. The molecule has 0 aliphatic rings.